The molecule has 1 fully saturated rings. The number of carbonyl (C=O) groups excluding carboxylic acids is 1. The van der Waals surface area contributed by atoms with Gasteiger partial charge in [-0.3, -0.25) is 5.32 Å². The first-order valence-corrected chi connectivity index (χ1v) is 8.94. The van der Waals surface area contributed by atoms with Gasteiger partial charge in [-0.15, -0.1) is 0 Å². The average Bonchev–Trinajstić information content (AvgIpc) is 3.24. The molecule has 29 heavy (non-hydrogen) atoms. The van der Waals surface area contributed by atoms with Crippen molar-refractivity contribution in [2.24, 2.45) is 5.73 Å². The van der Waals surface area contributed by atoms with Gasteiger partial charge in [0.25, 0.3) is 0 Å². The van der Waals surface area contributed by atoms with Crippen LogP contribution in [0, 0.1) is 0 Å². The van der Waals surface area contributed by atoms with Gasteiger partial charge >= 0.3 is 6.03 Å². The highest BCUT2D eigenvalue weighted by molar-refractivity contribution is 6.30. The van der Waals surface area contributed by atoms with Crippen molar-refractivity contribution in [2.75, 3.05) is 5.32 Å². The van der Waals surface area contributed by atoms with Gasteiger partial charge in [-0.2, -0.15) is 5.10 Å². The Morgan fingerprint density at radius 2 is 1.97 bits per heavy atom. The van der Waals surface area contributed by atoms with E-state index in [1.807, 2.05) is 0 Å². The van der Waals surface area contributed by atoms with Crippen molar-refractivity contribution in [3.8, 4) is 0 Å². The first kappa shape index (κ1) is 19.5. The summed E-state index contributed by atoms with van der Waals surface area (Å²) in [5.74, 6) is 0.138. The number of urea groups is 1. The van der Waals surface area contributed by atoms with E-state index in [1.165, 1.54) is 17.2 Å². The maximum absolute atomic E-state index is 11.1. The summed E-state index contributed by atoms with van der Waals surface area (Å²) in [6.07, 6.45) is -3.71. The summed E-state index contributed by atoms with van der Waals surface area (Å²) in [6, 6.07) is 5.58. The van der Waals surface area contributed by atoms with Crippen LogP contribution in [0.2, 0.25) is 5.02 Å². The van der Waals surface area contributed by atoms with Crippen molar-refractivity contribution in [3.63, 3.8) is 0 Å². The fourth-order valence-electron chi connectivity index (χ4n) is 3.26. The number of nitrogens with zero attached hydrogens (tertiary/aromatic N) is 4. The van der Waals surface area contributed by atoms with Crippen LogP contribution < -0.4 is 11.1 Å². The van der Waals surface area contributed by atoms with Crippen molar-refractivity contribution in [2.45, 2.75) is 30.6 Å². The Hall–Kier alpha value is -2.83. The van der Waals surface area contributed by atoms with Crippen LogP contribution in [0.25, 0.3) is 11.0 Å². The number of halogens is 1. The zero-order chi connectivity index (χ0) is 20.7. The lowest BCUT2D eigenvalue weighted by molar-refractivity contribution is -0.0884. The van der Waals surface area contributed by atoms with Gasteiger partial charge in [0.1, 0.15) is 36.6 Å². The van der Waals surface area contributed by atoms with Crippen LogP contribution in [-0.2, 0) is 4.74 Å². The summed E-state index contributed by atoms with van der Waals surface area (Å²) in [6.45, 7) is 0. The molecule has 152 valence electrons. The highest BCUT2D eigenvalue weighted by Gasteiger charge is 2.48. The molecule has 0 aliphatic carbocycles. The number of aliphatic hydroxyl groups is 3. The molecule has 12 heteroatoms. The first-order chi connectivity index (χ1) is 13.9. The molecule has 0 radical (unpaired) electrons. The van der Waals surface area contributed by atoms with Crippen molar-refractivity contribution >= 4 is 34.5 Å². The highest BCUT2D eigenvalue weighted by atomic mass is 35.5. The molecule has 5 atom stereocenters. The molecule has 1 aromatic carbocycles. The van der Waals surface area contributed by atoms with E-state index in [1.54, 1.807) is 24.3 Å². The molecule has 1 saturated heterocycles. The Labute approximate surface area is 168 Å². The molecular formula is C17H17ClN6O5. The molecule has 0 saturated carbocycles. The monoisotopic (exact) mass is 420 g/mol. The summed E-state index contributed by atoms with van der Waals surface area (Å²) in [5.41, 5.74) is 5.83. The minimum absolute atomic E-state index is 0.138. The van der Waals surface area contributed by atoms with Crippen LogP contribution in [0.4, 0.5) is 10.6 Å². The topological polar surface area (TPSA) is 169 Å². The number of aromatic nitrogens is 4. The summed E-state index contributed by atoms with van der Waals surface area (Å²) in [7, 11) is 0. The van der Waals surface area contributed by atoms with Gasteiger partial charge < -0.3 is 25.8 Å². The van der Waals surface area contributed by atoms with Crippen LogP contribution in [0.15, 0.2) is 36.8 Å². The number of hydrogen-bond donors (Lipinski definition) is 5. The molecule has 4 rings (SSSR count). The Balaban J connectivity index is 1.64. The summed E-state index contributed by atoms with van der Waals surface area (Å²) in [5, 5.41) is 38.9. The van der Waals surface area contributed by atoms with Crippen LogP contribution in [-0.4, -0.2) is 59.4 Å². The van der Waals surface area contributed by atoms with E-state index in [4.69, 9.17) is 22.1 Å². The molecule has 11 nitrogen and oxygen atoms in total. The van der Waals surface area contributed by atoms with E-state index in [9.17, 15) is 20.1 Å². The van der Waals surface area contributed by atoms with Gasteiger partial charge in [0.05, 0.1) is 11.6 Å². The van der Waals surface area contributed by atoms with E-state index < -0.39 is 36.7 Å². The molecular weight excluding hydrogens is 404 g/mol. The lowest BCUT2D eigenvalue weighted by Crippen LogP contribution is -2.35. The molecule has 3 heterocycles. The second-order valence-electron chi connectivity index (χ2n) is 6.51. The molecule has 2 aromatic heterocycles. The third-order valence-corrected chi connectivity index (χ3v) is 4.92. The molecule has 0 bridgehead atoms. The molecule has 6 N–H and O–H groups in total. The number of nitrogens with one attached hydrogen (secondary N) is 1. The van der Waals surface area contributed by atoms with Crippen molar-refractivity contribution in [3.05, 3.63) is 47.4 Å². The van der Waals surface area contributed by atoms with Crippen LogP contribution in [0.5, 0.6) is 0 Å². The predicted octanol–water partition coefficient (Wildman–Crippen LogP) is 0.323. The Kier molecular flexibility index (Phi) is 5.06. The highest BCUT2D eigenvalue weighted by Crippen LogP contribution is 2.37. The number of aliphatic hydroxyl groups excluding tert-OH is 3. The number of carbonyl (C=O) groups is 1. The van der Waals surface area contributed by atoms with Gasteiger partial charge in [-0.1, -0.05) is 23.7 Å². The number of rotatable bonds is 4. The fourth-order valence-corrected chi connectivity index (χ4v) is 3.39. The summed E-state index contributed by atoms with van der Waals surface area (Å²) < 4.78 is 6.99. The lowest BCUT2D eigenvalue weighted by atomic mass is 9.99. The summed E-state index contributed by atoms with van der Waals surface area (Å²) in [4.78, 5) is 19.2. The Morgan fingerprint density at radius 1 is 1.24 bits per heavy atom. The molecule has 0 spiro atoms. The molecule has 1 aliphatic heterocycles. The first-order valence-electron chi connectivity index (χ1n) is 8.56. The number of benzene rings is 1. The van der Waals surface area contributed by atoms with Crippen LogP contribution in [0.1, 0.15) is 17.9 Å². The van der Waals surface area contributed by atoms with E-state index in [0.29, 0.717) is 16.0 Å². The smallest absolute Gasteiger partial charge is 0.317 e. The van der Waals surface area contributed by atoms with Crippen LogP contribution in [0.3, 0.4) is 0 Å². The van der Waals surface area contributed by atoms with Crippen molar-refractivity contribution < 1.29 is 24.9 Å². The molecule has 1 aliphatic rings. The number of ether oxygens (including phenoxy) is 1. The number of fused-ring (bicyclic) bond motifs is 1. The number of amides is 2. The third-order valence-electron chi connectivity index (χ3n) is 4.67. The minimum Gasteiger partial charge on any atom is -0.387 e. The number of hydrogen-bond acceptors (Lipinski definition) is 8. The largest absolute Gasteiger partial charge is 0.387 e. The van der Waals surface area contributed by atoms with E-state index >= 15 is 0 Å². The number of anilines is 1. The number of primary amides is 1. The SMILES string of the molecule is NC(=O)Nc1ncnc2c1cnn2[C@@H]1O[C@H]([C@H](O)c2ccc(Cl)cc2)[C@@H](O)[C@H]1O. The summed E-state index contributed by atoms with van der Waals surface area (Å²) >= 11 is 5.86. The van der Waals surface area contributed by atoms with Gasteiger partial charge in [0, 0.05) is 5.02 Å². The fraction of sp³-hybridized carbons (Fsp3) is 0.294. The predicted molar refractivity (Wildman–Crippen MR) is 101 cm³/mol. The average molecular weight is 421 g/mol. The molecule has 2 amide bonds. The molecule has 0 unspecified atom stereocenters. The zero-order valence-electron chi connectivity index (χ0n) is 14.8. The zero-order valence-corrected chi connectivity index (χ0v) is 15.5. The molecule has 3 aromatic rings. The van der Waals surface area contributed by atoms with Gasteiger partial charge in [-0.05, 0) is 17.7 Å². The Bertz CT molecular complexity index is 1040. The van der Waals surface area contributed by atoms with E-state index in [0.717, 1.165) is 0 Å². The Morgan fingerprint density at radius 3 is 2.66 bits per heavy atom. The minimum atomic E-state index is -1.40. The lowest BCUT2D eigenvalue weighted by Gasteiger charge is -2.21. The third kappa shape index (κ3) is 3.50. The second kappa shape index (κ2) is 7.54. The van der Waals surface area contributed by atoms with Crippen LogP contribution >= 0.6 is 11.6 Å². The van der Waals surface area contributed by atoms with E-state index in [2.05, 4.69) is 20.4 Å². The standard InChI is InChI=1S/C17H17ClN6O5/c18-8-3-1-7(2-4-8)10(25)13-11(26)12(27)16(29-13)24-15-9(5-22-24)14(20-6-21-15)23-17(19)28/h1-6,10-13,16,25-27H,(H3,19,20,21,23,28)/t10-,11+,12-,13-,16-/m1/s1. The van der Waals surface area contributed by atoms with Gasteiger partial charge in [0.2, 0.25) is 0 Å². The van der Waals surface area contributed by atoms with Gasteiger partial charge in [0.15, 0.2) is 11.9 Å². The maximum atomic E-state index is 11.1. The van der Waals surface area contributed by atoms with E-state index in [-0.39, 0.29) is 11.5 Å². The van der Waals surface area contributed by atoms with Crippen molar-refractivity contribution in [1.29, 1.82) is 0 Å². The quantitative estimate of drug-likeness (QED) is 0.402. The number of nitrogens with two attached hydrogens (primary N) is 1. The van der Waals surface area contributed by atoms with Crippen molar-refractivity contribution in [1.82, 2.24) is 19.7 Å². The normalized spacial score (nSPS) is 25.2. The van der Waals surface area contributed by atoms with Gasteiger partial charge in [-0.25, -0.2) is 19.4 Å². The second-order valence-corrected chi connectivity index (χ2v) is 6.94. The maximum Gasteiger partial charge on any atom is 0.317 e.